The van der Waals surface area contributed by atoms with Gasteiger partial charge in [-0.3, -0.25) is 0 Å². The number of rotatable bonds is 6. The summed E-state index contributed by atoms with van der Waals surface area (Å²) in [6.07, 6.45) is 2.58. The lowest BCUT2D eigenvalue weighted by atomic mass is 10.0. The Kier molecular flexibility index (Phi) is 5.24. The zero-order chi connectivity index (χ0) is 14.5. The van der Waals surface area contributed by atoms with Crippen molar-refractivity contribution in [3.63, 3.8) is 0 Å². The van der Waals surface area contributed by atoms with Gasteiger partial charge in [0.1, 0.15) is 21.5 Å². The molecule has 0 amide bonds. The monoisotopic (exact) mass is 282 g/mol. The van der Waals surface area contributed by atoms with Crippen LogP contribution in [0.4, 0.5) is 5.82 Å². The van der Waals surface area contributed by atoms with Crippen molar-refractivity contribution >= 4 is 15.7 Å². The predicted molar refractivity (Wildman–Crippen MR) is 73.7 cm³/mol. The molecule has 0 aliphatic rings. The fraction of sp³-hybridized carbons (Fsp3) is 0.583. The molecule has 0 unspecified atom stereocenters. The summed E-state index contributed by atoms with van der Waals surface area (Å²) in [5.41, 5.74) is 2.15. The first-order valence-electron chi connectivity index (χ1n) is 6.13. The van der Waals surface area contributed by atoms with Crippen molar-refractivity contribution in [2.45, 2.75) is 26.7 Å². The topological polar surface area (TPSA) is 95.7 Å². The molecule has 0 saturated carbocycles. The van der Waals surface area contributed by atoms with Gasteiger partial charge in [0.15, 0.2) is 5.82 Å². The normalized spacial score (nSPS) is 11.1. The van der Waals surface area contributed by atoms with E-state index in [1.54, 1.807) is 0 Å². The Morgan fingerprint density at radius 2 is 1.95 bits per heavy atom. The number of hydrogen-bond donors (Lipinski definition) is 1. The van der Waals surface area contributed by atoms with Gasteiger partial charge in [-0.1, -0.05) is 13.8 Å². The summed E-state index contributed by atoms with van der Waals surface area (Å²) in [7, 11) is -3.04. The Hall–Kier alpha value is -1.68. The molecule has 0 aromatic carbocycles. The zero-order valence-electron chi connectivity index (χ0n) is 11.4. The largest absolute Gasteiger partial charge is 0.366 e. The molecule has 0 spiro atoms. The molecular weight excluding hydrogens is 264 g/mol. The van der Waals surface area contributed by atoms with E-state index in [2.05, 4.69) is 21.6 Å². The molecule has 0 radical (unpaired) electrons. The average molecular weight is 282 g/mol. The van der Waals surface area contributed by atoms with E-state index >= 15 is 0 Å². The van der Waals surface area contributed by atoms with Gasteiger partial charge in [-0.25, -0.2) is 8.42 Å². The van der Waals surface area contributed by atoms with Gasteiger partial charge < -0.3 is 5.32 Å². The number of aryl methyl sites for hydroxylation is 1. The highest BCUT2D eigenvalue weighted by molar-refractivity contribution is 7.90. The summed E-state index contributed by atoms with van der Waals surface area (Å²) < 4.78 is 22.1. The second kappa shape index (κ2) is 6.48. The van der Waals surface area contributed by atoms with Crippen molar-refractivity contribution in [3.05, 3.63) is 16.8 Å². The van der Waals surface area contributed by atoms with E-state index in [1.165, 1.54) is 6.26 Å². The van der Waals surface area contributed by atoms with E-state index in [0.29, 0.717) is 24.2 Å². The van der Waals surface area contributed by atoms with Crippen LogP contribution < -0.4 is 5.32 Å². The van der Waals surface area contributed by atoms with E-state index in [4.69, 9.17) is 0 Å². The van der Waals surface area contributed by atoms with Crippen molar-refractivity contribution in [2.75, 3.05) is 23.9 Å². The molecule has 0 atom stereocenters. The van der Waals surface area contributed by atoms with Gasteiger partial charge >= 0.3 is 0 Å². The summed E-state index contributed by atoms with van der Waals surface area (Å²) >= 11 is 0. The number of anilines is 1. The molecule has 0 aliphatic heterocycles. The van der Waals surface area contributed by atoms with Gasteiger partial charge in [0.25, 0.3) is 0 Å². The van der Waals surface area contributed by atoms with Crippen molar-refractivity contribution < 1.29 is 8.42 Å². The lowest BCUT2D eigenvalue weighted by Gasteiger charge is -2.11. The van der Waals surface area contributed by atoms with Crippen molar-refractivity contribution in [1.29, 1.82) is 5.26 Å². The van der Waals surface area contributed by atoms with Crippen LogP contribution in [0.15, 0.2) is 0 Å². The first-order chi connectivity index (χ1) is 8.92. The second-order valence-electron chi connectivity index (χ2n) is 4.22. The van der Waals surface area contributed by atoms with Crippen LogP contribution in [0, 0.1) is 11.3 Å². The second-order valence-corrected chi connectivity index (χ2v) is 6.48. The standard InChI is InChI=1S/C12H18N4O2S/c1-4-9-10(8-13)12(16-15-11(9)5-2)14-6-7-19(3,17)18/h4-7H2,1-3H3,(H,14,16). The first-order valence-corrected chi connectivity index (χ1v) is 8.19. The highest BCUT2D eigenvalue weighted by Crippen LogP contribution is 2.19. The molecule has 1 aromatic heterocycles. The number of nitrogens with zero attached hydrogens (tertiary/aromatic N) is 3. The Labute approximate surface area is 113 Å². The average Bonchev–Trinajstić information content (AvgIpc) is 2.36. The lowest BCUT2D eigenvalue weighted by Crippen LogP contribution is -2.17. The van der Waals surface area contributed by atoms with Crippen LogP contribution in [0.25, 0.3) is 0 Å². The van der Waals surface area contributed by atoms with Gasteiger partial charge in [0.2, 0.25) is 0 Å². The minimum atomic E-state index is -3.04. The van der Waals surface area contributed by atoms with Crippen molar-refractivity contribution in [2.24, 2.45) is 0 Å². The van der Waals surface area contributed by atoms with E-state index in [1.807, 2.05) is 13.8 Å². The maximum atomic E-state index is 11.1. The molecule has 7 heteroatoms. The van der Waals surface area contributed by atoms with Crippen LogP contribution in [0.1, 0.15) is 30.7 Å². The molecule has 1 rings (SSSR count). The molecule has 0 saturated heterocycles. The van der Waals surface area contributed by atoms with Crippen LogP contribution >= 0.6 is 0 Å². The predicted octanol–water partition coefficient (Wildman–Crippen LogP) is 0.930. The number of nitriles is 1. The molecule has 0 fully saturated rings. The van der Waals surface area contributed by atoms with Crippen LogP contribution in [0.2, 0.25) is 0 Å². The molecule has 104 valence electrons. The molecule has 6 nitrogen and oxygen atoms in total. The third-order valence-electron chi connectivity index (χ3n) is 2.72. The SMILES string of the molecule is CCc1nnc(NCCS(C)(=O)=O)c(C#N)c1CC. The van der Waals surface area contributed by atoms with E-state index in [-0.39, 0.29) is 12.3 Å². The van der Waals surface area contributed by atoms with Crippen LogP contribution in [0.3, 0.4) is 0 Å². The molecule has 1 aromatic rings. The minimum Gasteiger partial charge on any atom is -0.366 e. The Morgan fingerprint density at radius 1 is 1.26 bits per heavy atom. The summed E-state index contributed by atoms with van der Waals surface area (Å²) in [5.74, 6) is 0.358. The number of nitrogens with one attached hydrogen (secondary N) is 1. The molecule has 19 heavy (non-hydrogen) atoms. The molecule has 1 heterocycles. The van der Waals surface area contributed by atoms with Crippen LogP contribution in [0.5, 0.6) is 0 Å². The van der Waals surface area contributed by atoms with Gasteiger partial charge in [-0.2, -0.15) is 10.4 Å². The van der Waals surface area contributed by atoms with Gasteiger partial charge in [-0.15, -0.1) is 5.10 Å². The summed E-state index contributed by atoms with van der Waals surface area (Å²) in [6, 6.07) is 2.12. The molecule has 0 aliphatic carbocycles. The van der Waals surface area contributed by atoms with E-state index in [0.717, 1.165) is 11.3 Å². The summed E-state index contributed by atoms with van der Waals surface area (Å²) in [6.45, 7) is 4.13. The maximum Gasteiger partial charge on any atom is 0.166 e. The van der Waals surface area contributed by atoms with E-state index < -0.39 is 9.84 Å². The van der Waals surface area contributed by atoms with E-state index in [9.17, 15) is 13.7 Å². The third-order valence-corrected chi connectivity index (χ3v) is 3.67. The van der Waals surface area contributed by atoms with Crippen LogP contribution in [-0.4, -0.2) is 37.2 Å². The smallest absolute Gasteiger partial charge is 0.166 e. The Bertz CT molecular complexity index is 590. The number of aromatic nitrogens is 2. The Balaban J connectivity index is 2.99. The minimum absolute atomic E-state index is 0.00344. The Morgan fingerprint density at radius 3 is 2.42 bits per heavy atom. The zero-order valence-corrected chi connectivity index (χ0v) is 12.2. The van der Waals surface area contributed by atoms with Crippen molar-refractivity contribution in [3.8, 4) is 6.07 Å². The number of sulfone groups is 1. The molecular formula is C12H18N4O2S. The fourth-order valence-corrected chi connectivity index (χ4v) is 2.24. The third kappa shape index (κ3) is 4.17. The van der Waals surface area contributed by atoms with Crippen LogP contribution in [-0.2, 0) is 22.7 Å². The summed E-state index contributed by atoms with van der Waals surface area (Å²) in [4.78, 5) is 0. The fourth-order valence-electron chi connectivity index (χ4n) is 1.77. The first kappa shape index (κ1) is 15.4. The van der Waals surface area contributed by atoms with Gasteiger partial charge in [0.05, 0.1) is 11.4 Å². The van der Waals surface area contributed by atoms with Gasteiger partial charge in [-0.05, 0) is 18.4 Å². The highest BCUT2D eigenvalue weighted by Gasteiger charge is 2.14. The lowest BCUT2D eigenvalue weighted by molar-refractivity contribution is 0.602. The molecule has 1 N–H and O–H groups in total. The summed E-state index contributed by atoms with van der Waals surface area (Å²) in [5, 5.41) is 20.2. The molecule has 0 bridgehead atoms. The number of hydrogen-bond acceptors (Lipinski definition) is 6. The van der Waals surface area contributed by atoms with Crippen molar-refractivity contribution in [1.82, 2.24) is 10.2 Å². The highest BCUT2D eigenvalue weighted by atomic mass is 32.2. The maximum absolute atomic E-state index is 11.1. The quantitative estimate of drug-likeness (QED) is 0.834. The van der Waals surface area contributed by atoms with Gasteiger partial charge in [0, 0.05) is 12.8 Å².